The predicted octanol–water partition coefficient (Wildman–Crippen LogP) is 11.6. The number of rotatable bonds is 4. The molecule has 2 nitrogen and oxygen atoms in total. The molecule has 0 bridgehead atoms. The molecule has 2 unspecified atom stereocenters. The fourth-order valence-corrected chi connectivity index (χ4v) is 9.87. The van der Waals surface area contributed by atoms with Gasteiger partial charge in [-0.25, -0.2) is 0 Å². The molecule has 0 radical (unpaired) electrons. The maximum atomic E-state index is 5.61. The van der Waals surface area contributed by atoms with E-state index in [2.05, 4.69) is 144 Å². The number of fused-ring (bicyclic) bond motifs is 1. The molecule has 246 valence electrons. The van der Waals surface area contributed by atoms with Crippen molar-refractivity contribution < 1.29 is 4.74 Å². The number of benzene rings is 6. The largest absolute Gasteiger partial charge is 0.497 e. The highest BCUT2D eigenvalue weighted by Crippen LogP contribution is 2.52. The van der Waals surface area contributed by atoms with Crippen molar-refractivity contribution in [2.24, 2.45) is 0 Å². The predicted molar refractivity (Wildman–Crippen MR) is 212 cm³/mol. The van der Waals surface area contributed by atoms with Crippen LogP contribution in [0.4, 0.5) is 11.4 Å². The Morgan fingerprint density at radius 3 is 2.16 bits per heavy atom. The van der Waals surface area contributed by atoms with Crippen LogP contribution in [-0.4, -0.2) is 12.6 Å². The molecule has 6 aromatic rings. The van der Waals surface area contributed by atoms with Crippen molar-refractivity contribution >= 4 is 58.2 Å². The molecule has 3 aliphatic rings. The first-order valence-electron chi connectivity index (χ1n) is 18.1. The van der Waals surface area contributed by atoms with Crippen LogP contribution in [0.15, 0.2) is 115 Å². The van der Waals surface area contributed by atoms with Crippen LogP contribution in [0.25, 0.3) is 32.3 Å². The van der Waals surface area contributed by atoms with Gasteiger partial charge in [-0.15, -0.1) is 9.24 Å². The van der Waals surface area contributed by atoms with Gasteiger partial charge >= 0.3 is 0 Å². The smallest absolute Gasteiger partial charge is 0.114 e. The first kappa shape index (κ1) is 30.9. The first-order chi connectivity index (χ1) is 23.7. The van der Waals surface area contributed by atoms with Crippen LogP contribution in [0, 0.1) is 0 Å². The molecule has 1 aliphatic heterocycles. The lowest BCUT2D eigenvalue weighted by molar-refractivity contribution is 0.299. The maximum Gasteiger partial charge on any atom is 0.114 e. The lowest BCUT2D eigenvalue weighted by atomic mass is 9.64. The van der Waals surface area contributed by atoms with Gasteiger partial charge in [-0.05, 0) is 121 Å². The molecule has 1 fully saturated rings. The van der Waals surface area contributed by atoms with E-state index in [9.17, 15) is 0 Å². The van der Waals surface area contributed by atoms with E-state index in [1.54, 1.807) is 7.11 Å². The van der Waals surface area contributed by atoms with Crippen LogP contribution in [0.3, 0.4) is 0 Å². The van der Waals surface area contributed by atoms with Crippen LogP contribution in [-0.2, 0) is 22.0 Å². The minimum atomic E-state index is -0.133. The van der Waals surface area contributed by atoms with Gasteiger partial charge < -0.3 is 9.64 Å². The molecule has 0 aromatic heterocycles. The zero-order valence-electron chi connectivity index (χ0n) is 29.3. The monoisotopic (exact) mass is 659 g/mol. The van der Waals surface area contributed by atoms with Crippen molar-refractivity contribution in [3.63, 3.8) is 0 Å². The van der Waals surface area contributed by atoms with Crippen LogP contribution in [0.1, 0.15) is 81.5 Å². The fourth-order valence-electron chi connectivity index (χ4n) is 9.58. The molecule has 0 N–H and O–H groups in total. The minimum Gasteiger partial charge on any atom is -0.497 e. The SMILES string of the molecule is COC1=CCC2(C=C1)Cc1cc(P)ccc1N2c1ccc(C2(c3ccc4ccc5cc(C(C)(C)C)cc6ccc3c4c56)CCCCC2)cc1. The normalized spacial score (nSPS) is 20.4. The highest BCUT2D eigenvalue weighted by Gasteiger charge is 2.44. The van der Waals surface area contributed by atoms with E-state index in [1.807, 2.05) is 0 Å². The maximum absolute atomic E-state index is 5.61. The van der Waals surface area contributed by atoms with Crippen molar-refractivity contribution in [3.8, 4) is 0 Å². The van der Waals surface area contributed by atoms with Gasteiger partial charge in [-0.3, -0.25) is 0 Å². The summed E-state index contributed by atoms with van der Waals surface area (Å²) in [6.45, 7) is 6.95. The highest BCUT2D eigenvalue weighted by molar-refractivity contribution is 7.27. The van der Waals surface area contributed by atoms with Crippen LogP contribution >= 0.6 is 9.24 Å². The summed E-state index contributed by atoms with van der Waals surface area (Å²) in [6, 6.07) is 35.9. The average Bonchev–Trinajstić information content (AvgIpc) is 3.42. The van der Waals surface area contributed by atoms with E-state index in [0.29, 0.717) is 0 Å². The van der Waals surface area contributed by atoms with Gasteiger partial charge in [0, 0.05) is 23.2 Å². The molecule has 49 heavy (non-hydrogen) atoms. The molecule has 1 heterocycles. The zero-order valence-corrected chi connectivity index (χ0v) is 30.4. The van der Waals surface area contributed by atoms with E-state index in [0.717, 1.165) is 18.6 Å². The molecule has 0 amide bonds. The van der Waals surface area contributed by atoms with Gasteiger partial charge in [-0.2, -0.15) is 0 Å². The standard InChI is InChI=1S/C46H46NOP/c1-44(2,3)35-26-31-9-8-30-11-18-40(39-17-10-32(27-35)42(31)43(30)39)46(22-6-5-7-23-46)34-12-14-36(15-13-34)47-41-19-16-38(49)28-33(41)29-45(47)24-20-37(48-4)21-25-45/h8-21,24,26-28H,5-7,22-23,25,29,49H2,1-4H3. The molecule has 2 aliphatic carbocycles. The van der Waals surface area contributed by atoms with Gasteiger partial charge in [0.15, 0.2) is 0 Å². The summed E-state index contributed by atoms with van der Waals surface area (Å²) in [4.78, 5) is 2.59. The summed E-state index contributed by atoms with van der Waals surface area (Å²) in [5.41, 5.74) is 8.30. The van der Waals surface area contributed by atoms with Crippen LogP contribution in [0.5, 0.6) is 0 Å². The van der Waals surface area contributed by atoms with Gasteiger partial charge in [0.2, 0.25) is 0 Å². The van der Waals surface area contributed by atoms with E-state index < -0.39 is 0 Å². The molecule has 6 aromatic carbocycles. The molecule has 0 saturated heterocycles. The van der Waals surface area contributed by atoms with E-state index in [-0.39, 0.29) is 16.4 Å². The lowest BCUT2D eigenvalue weighted by Crippen LogP contribution is -2.42. The first-order valence-corrected chi connectivity index (χ1v) is 18.7. The summed E-state index contributed by atoms with van der Waals surface area (Å²) >= 11 is 0. The van der Waals surface area contributed by atoms with Crippen molar-refractivity contribution in [2.45, 2.75) is 82.1 Å². The number of methoxy groups -OCH3 is 1. The number of hydrogen-bond donors (Lipinski definition) is 0. The summed E-state index contributed by atoms with van der Waals surface area (Å²) in [5, 5.41) is 9.59. The topological polar surface area (TPSA) is 12.5 Å². The highest BCUT2D eigenvalue weighted by atomic mass is 31.0. The third-order valence-electron chi connectivity index (χ3n) is 12.1. The molecule has 2 atom stereocenters. The van der Waals surface area contributed by atoms with Gasteiger partial charge in [0.25, 0.3) is 0 Å². The Morgan fingerprint density at radius 2 is 1.47 bits per heavy atom. The van der Waals surface area contributed by atoms with Crippen molar-refractivity contribution in [1.29, 1.82) is 0 Å². The fraction of sp³-hybridized carbons (Fsp3) is 0.304. The minimum absolute atomic E-state index is 0.00849. The molecule has 9 rings (SSSR count). The van der Waals surface area contributed by atoms with Crippen molar-refractivity contribution in [1.82, 2.24) is 0 Å². The Kier molecular flexibility index (Phi) is 7.06. The number of anilines is 2. The van der Waals surface area contributed by atoms with E-state index >= 15 is 0 Å². The van der Waals surface area contributed by atoms with Gasteiger partial charge in [0.1, 0.15) is 5.76 Å². The Morgan fingerprint density at radius 1 is 0.755 bits per heavy atom. The van der Waals surface area contributed by atoms with E-state index in [4.69, 9.17) is 4.74 Å². The van der Waals surface area contributed by atoms with Gasteiger partial charge in [0.05, 0.1) is 12.6 Å². The van der Waals surface area contributed by atoms with E-state index in [1.165, 1.54) is 103 Å². The molecule has 3 heteroatoms. The zero-order chi connectivity index (χ0) is 33.5. The summed E-state index contributed by atoms with van der Waals surface area (Å²) < 4.78 is 5.61. The van der Waals surface area contributed by atoms with Crippen molar-refractivity contribution in [3.05, 3.63) is 137 Å². The summed E-state index contributed by atoms with van der Waals surface area (Å²) in [7, 11) is 4.65. The number of hydrogen-bond acceptors (Lipinski definition) is 2. The Labute approximate surface area is 293 Å². The second kappa shape index (κ2) is 11.2. The third kappa shape index (κ3) is 4.78. The lowest BCUT2D eigenvalue weighted by Gasteiger charge is -2.41. The number of ether oxygens (including phenoxy) is 1. The van der Waals surface area contributed by atoms with Crippen molar-refractivity contribution in [2.75, 3.05) is 12.0 Å². The Bertz CT molecular complexity index is 2280. The third-order valence-corrected chi connectivity index (χ3v) is 12.5. The summed E-state index contributed by atoms with van der Waals surface area (Å²) in [6.07, 6.45) is 14.9. The summed E-state index contributed by atoms with van der Waals surface area (Å²) in [5.74, 6) is 0.950. The average molecular weight is 660 g/mol. The van der Waals surface area contributed by atoms with Crippen LogP contribution < -0.4 is 10.2 Å². The second-order valence-electron chi connectivity index (χ2n) is 16.0. The Hall–Kier alpha value is -4.13. The molecular formula is C46H46NOP. The molecule has 1 saturated carbocycles. The van der Waals surface area contributed by atoms with Crippen LogP contribution in [0.2, 0.25) is 0 Å². The number of allylic oxidation sites excluding steroid dienone is 1. The second-order valence-corrected chi connectivity index (χ2v) is 16.6. The molecular weight excluding hydrogens is 613 g/mol. The quantitative estimate of drug-likeness (QED) is 0.138. The van der Waals surface area contributed by atoms with Gasteiger partial charge in [-0.1, -0.05) is 113 Å². The number of nitrogens with zero attached hydrogens (tertiary/aromatic N) is 1. The Balaban J connectivity index is 1.18. The molecule has 1 spiro atoms.